The highest BCUT2D eigenvalue weighted by Gasteiger charge is 2.53. The predicted octanol–water partition coefficient (Wildman–Crippen LogP) is 0.984. The summed E-state index contributed by atoms with van der Waals surface area (Å²) in [5, 5.41) is 12.2. The quantitative estimate of drug-likeness (QED) is 0.509. The van der Waals surface area contributed by atoms with E-state index in [9.17, 15) is 0 Å². The molecule has 58 valence electrons. The highest BCUT2D eigenvalue weighted by Crippen LogP contribution is 2.42. The van der Waals surface area contributed by atoms with Crippen LogP contribution in [0.2, 0.25) is 0 Å². The average molecular weight is 151 g/mol. The lowest BCUT2D eigenvalue weighted by Gasteiger charge is -2.15. The highest BCUT2D eigenvalue weighted by atomic mass is 16.6. The molecule has 1 saturated carbocycles. The molecule has 0 unspecified atom stereocenters. The van der Waals surface area contributed by atoms with Crippen molar-refractivity contribution < 1.29 is 4.84 Å². The number of oxime groups is 1. The van der Waals surface area contributed by atoms with Gasteiger partial charge < -0.3 is 4.84 Å². The maximum Gasteiger partial charge on any atom is 0.161 e. The maximum atomic E-state index is 5.26. The number of hydrogen-bond acceptors (Lipinski definition) is 4. The number of azo groups is 1. The molecule has 0 aromatic heterocycles. The van der Waals surface area contributed by atoms with Crippen molar-refractivity contribution in [2.75, 3.05) is 0 Å². The van der Waals surface area contributed by atoms with Crippen molar-refractivity contribution in [1.29, 1.82) is 0 Å². The zero-order valence-electron chi connectivity index (χ0n) is 6.27. The van der Waals surface area contributed by atoms with E-state index in [1.165, 1.54) is 0 Å². The molecule has 3 rings (SSSR count). The van der Waals surface area contributed by atoms with Gasteiger partial charge >= 0.3 is 0 Å². The zero-order valence-corrected chi connectivity index (χ0v) is 6.27. The summed E-state index contributed by atoms with van der Waals surface area (Å²) in [6, 6.07) is 0.669. The van der Waals surface area contributed by atoms with Gasteiger partial charge in [0.2, 0.25) is 0 Å². The third-order valence-electron chi connectivity index (χ3n) is 2.79. The molecule has 4 nitrogen and oxygen atoms in total. The van der Waals surface area contributed by atoms with Gasteiger partial charge in [0.15, 0.2) is 6.10 Å². The van der Waals surface area contributed by atoms with Gasteiger partial charge in [-0.3, -0.25) is 0 Å². The molecule has 2 bridgehead atoms. The van der Waals surface area contributed by atoms with Crippen LogP contribution in [0.25, 0.3) is 0 Å². The van der Waals surface area contributed by atoms with E-state index in [4.69, 9.17) is 4.84 Å². The van der Waals surface area contributed by atoms with E-state index >= 15 is 0 Å². The molecule has 2 aliphatic heterocycles. The van der Waals surface area contributed by atoms with E-state index in [0.29, 0.717) is 18.0 Å². The molecule has 0 N–H and O–H groups in total. The average Bonchev–Trinajstić information content (AvgIpc) is 2.60. The molecule has 11 heavy (non-hydrogen) atoms. The number of hydrogen-bond donors (Lipinski definition) is 0. The Morgan fingerprint density at radius 1 is 1.36 bits per heavy atom. The lowest BCUT2D eigenvalue weighted by molar-refractivity contribution is 0.0566. The lowest BCUT2D eigenvalue weighted by Crippen LogP contribution is -2.29. The van der Waals surface area contributed by atoms with E-state index < -0.39 is 0 Å². The second-order valence-corrected chi connectivity index (χ2v) is 3.43. The van der Waals surface area contributed by atoms with Crippen molar-refractivity contribution >= 4 is 5.71 Å². The van der Waals surface area contributed by atoms with Gasteiger partial charge in [-0.1, -0.05) is 5.16 Å². The van der Waals surface area contributed by atoms with Crippen LogP contribution in [0.5, 0.6) is 0 Å². The molecule has 0 aromatic rings. The van der Waals surface area contributed by atoms with E-state index in [0.717, 1.165) is 12.1 Å². The summed E-state index contributed by atoms with van der Waals surface area (Å²) in [5.41, 5.74) is 1.10. The number of nitrogens with zero attached hydrogens (tertiary/aromatic N) is 3. The molecular formula is C7H9N3O. The zero-order chi connectivity index (χ0) is 7.42. The maximum absolute atomic E-state index is 5.26. The molecule has 1 aliphatic carbocycles. The van der Waals surface area contributed by atoms with Crippen molar-refractivity contribution in [3.8, 4) is 0 Å². The van der Waals surface area contributed by atoms with Crippen LogP contribution < -0.4 is 0 Å². The molecule has 0 radical (unpaired) electrons. The Kier molecular flexibility index (Phi) is 0.840. The Bertz CT molecular complexity index is 260. The van der Waals surface area contributed by atoms with E-state index in [1.54, 1.807) is 0 Å². The first-order valence-corrected chi connectivity index (χ1v) is 3.96. The minimum atomic E-state index is 0.220. The minimum absolute atomic E-state index is 0.220. The molecule has 0 aromatic carbocycles. The molecule has 0 saturated heterocycles. The van der Waals surface area contributed by atoms with Gasteiger partial charge in [0.25, 0.3) is 0 Å². The molecule has 4 atom stereocenters. The van der Waals surface area contributed by atoms with Crippen LogP contribution in [-0.2, 0) is 4.84 Å². The molecule has 0 spiro atoms. The fourth-order valence-electron chi connectivity index (χ4n) is 2.25. The second kappa shape index (κ2) is 1.62. The normalized spacial score (nSPS) is 50.8. The van der Waals surface area contributed by atoms with Crippen LogP contribution >= 0.6 is 0 Å². The molecule has 3 aliphatic rings. The van der Waals surface area contributed by atoms with Crippen LogP contribution in [0.4, 0.5) is 0 Å². The SMILES string of the molecule is CC1=NO[C@H]2[C@@H]1[C@H]1C[C@H]2N=N1. The van der Waals surface area contributed by atoms with Crippen LogP contribution in [-0.4, -0.2) is 23.9 Å². The Morgan fingerprint density at radius 3 is 3.00 bits per heavy atom. The van der Waals surface area contributed by atoms with Crippen LogP contribution in [0.3, 0.4) is 0 Å². The third kappa shape index (κ3) is 0.536. The lowest BCUT2D eigenvalue weighted by atomic mass is 9.97. The fraction of sp³-hybridized carbons (Fsp3) is 0.857. The summed E-state index contributed by atoms with van der Waals surface area (Å²) in [6.07, 6.45) is 1.29. The van der Waals surface area contributed by atoms with Gasteiger partial charge in [0, 0.05) is 6.42 Å². The molecule has 2 heterocycles. The summed E-state index contributed by atoms with van der Waals surface area (Å²) in [5.74, 6) is 0.442. The topological polar surface area (TPSA) is 46.3 Å². The van der Waals surface area contributed by atoms with Crippen molar-refractivity contribution in [3.05, 3.63) is 0 Å². The van der Waals surface area contributed by atoms with Crippen molar-refractivity contribution in [3.63, 3.8) is 0 Å². The number of fused-ring (bicyclic) bond motifs is 5. The van der Waals surface area contributed by atoms with Crippen molar-refractivity contribution in [2.24, 2.45) is 21.3 Å². The van der Waals surface area contributed by atoms with Gasteiger partial charge in [-0.25, -0.2) is 0 Å². The summed E-state index contributed by atoms with van der Waals surface area (Å²) >= 11 is 0. The van der Waals surface area contributed by atoms with Gasteiger partial charge in [-0.2, -0.15) is 10.2 Å². The highest BCUT2D eigenvalue weighted by molar-refractivity contribution is 5.87. The van der Waals surface area contributed by atoms with E-state index in [2.05, 4.69) is 15.4 Å². The van der Waals surface area contributed by atoms with Crippen molar-refractivity contribution in [2.45, 2.75) is 31.5 Å². The molecule has 0 amide bonds. The van der Waals surface area contributed by atoms with E-state index in [-0.39, 0.29) is 6.10 Å². The molecular weight excluding hydrogens is 142 g/mol. The largest absolute Gasteiger partial charge is 0.389 e. The van der Waals surface area contributed by atoms with Gasteiger partial charge in [0.1, 0.15) is 6.04 Å². The number of rotatable bonds is 0. The van der Waals surface area contributed by atoms with Crippen molar-refractivity contribution in [1.82, 2.24) is 0 Å². The van der Waals surface area contributed by atoms with Crippen LogP contribution in [0.1, 0.15) is 13.3 Å². The summed E-state index contributed by atoms with van der Waals surface area (Å²) < 4.78 is 0. The van der Waals surface area contributed by atoms with Gasteiger partial charge in [-0.05, 0) is 6.92 Å². The fourth-order valence-corrected chi connectivity index (χ4v) is 2.25. The Balaban J connectivity index is 2.03. The summed E-state index contributed by atoms with van der Waals surface area (Å²) in [7, 11) is 0. The summed E-state index contributed by atoms with van der Waals surface area (Å²) in [4.78, 5) is 5.26. The third-order valence-corrected chi connectivity index (χ3v) is 2.79. The first-order chi connectivity index (χ1) is 5.36. The molecule has 1 fully saturated rings. The van der Waals surface area contributed by atoms with Gasteiger partial charge in [-0.15, -0.1) is 0 Å². The first-order valence-electron chi connectivity index (χ1n) is 3.96. The minimum Gasteiger partial charge on any atom is -0.389 e. The smallest absolute Gasteiger partial charge is 0.161 e. The Morgan fingerprint density at radius 2 is 2.18 bits per heavy atom. The standard InChI is InChI=1S/C7H9N3O/c1-3-6-4-2-5(9-8-4)7(6)11-10-3/h4-7H,2H2,1H3/t4-,5-,6+,7-/m1/s1. The van der Waals surface area contributed by atoms with E-state index in [1.807, 2.05) is 6.92 Å². The van der Waals surface area contributed by atoms with Gasteiger partial charge in [0.05, 0.1) is 17.7 Å². The van der Waals surface area contributed by atoms with Crippen LogP contribution in [0, 0.1) is 5.92 Å². The predicted molar refractivity (Wildman–Crippen MR) is 38.5 cm³/mol. The Labute approximate surface area is 64.3 Å². The Hall–Kier alpha value is -0.930. The second-order valence-electron chi connectivity index (χ2n) is 3.43. The first kappa shape index (κ1) is 5.69. The van der Waals surface area contributed by atoms with Crippen LogP contribution in [0.15, 0.2) is 15.4 Å². The molecule has 4 heteroatoms. The summed E-state index contributed by atoms with van der Waals surface area (Å²) in [6.45, 7) is 2.01. The monoisotopic (exact) mass is 151 g/mol.